The molecule has 0 fully saturated rings. The number of nitrogens with zero attached hydrogens (tertiary/aromatic N) is 1. The smallest absolute Gasteiger partial charge is 0.416 e. The highest BCUT2D eigenvalue weighted by Gasteiger charge is 2.31. The van der Waals surface area contributed by atoms with Gasteiger partial charge < -0.3 is 14.6 Å². The number of hydrogen-bond donors (Lipinski definition) is 1. The van der Waals surface area contributed by atoms with E-state index in [1.54, 1.807) is 24.3 Å². The van der Waals surface area contributed by atoms with Crippen LogP contribution in [0.3, 0.4) is 0 Å². The predicted octanol–water partition coefficient (Wildman–Crippen LogP) is 5.61. The van der Waals surface area contributed by atoms with Crippen molar-refractivity contribution in [3.05, 3.63) is 92.9 Å². The Hall–Kier alpha value is -3.26. The molecule has 0 spiro atoms. The number of ether oxygens (including phenoxy) is 1. The molecule has 0 aliphatic heterocycles. The second-order valence-corrected chi connectivity index (χ2v) is 7.39. The standard InChI is InChI=1S/C23H20ClF3N2O3/c1-2-11-32-20-9-8-17(23(25,26)27)12-19(20)28-22(31)16-7-10-21(30)29(14-16)13-15-5-3-4-6-18(15)24/h3-10,12,14H,2,11,13H2,1H3,(H,28,31). The van der Waals surface area contributed by atoms with Gasteiger partial charge in [0.15, 0.2) is 0 Å². The maximum absolute atomic E-state index is 13.1. The van der Waals surface area contributed by atoms with Crippen molar-refractivity contribution >= 4 is 23.2 Å². The largest absolute Gasteiger partial charge is 0.491 e. The summed E-state index contributed by atoms with van der Waals surface area (Å²) in [5.74, 6) is -0.559. The minimum absolute atomic E-state index is 0.0931. The van der Waals surface area contributed by atoms with Gasteiger partial charge in [-0.3, -0.25) is 9.59 Å². The van der Waals surface area contributed by atoms with Gasteiger partial charge in [0.05, 0.1) is 30.0 Å². The normalized spacial score (nSPS) is 11.3. The van der Waals surface area contributed by atoms with E-state index < -0.39 is 17.6 Å². The minimum atomic E-state index is -4.58. The van der Waals surface area contributed by atoms with Gasteiger partial charge in [-0.05, 0) is 42.3 Å². The third kappa shape index (κ3) is 5.70. The van der Waals surface area contributed by atoms with Crippen LogP contribution in [-0.4, -0.2) is 17.1 Å². The summed E-state index contributed by atoms with van der Waals surface area (Å²) in [6, 6.07) is 12.4. The maximum Gasteiger partial charge on any atom is 0.416 e. The molecular weight excluding hydrogens is 445 g/mol. The predicted molar refractivity (Wildman–Crippen MR) is 116 cm³/mol. The van der Waals surface area contributed by atoms with Gasteiger partial charge in [-0.2, -0.15) is 13.2 Å². The van der Waals surface area contributed by atoms with Crippen LogP contribution < -0.4 is 15.6 Å². The lowest BCUT2D eigenvalue weighted by Crippen LogP contribution is -2.23. The highest BCUT2D eigenvalue weighted by atomic mass is 35.5. The summed E-state index contributed by atoms with van der Waals surface area (Å²) in [5.41, 5.74) is -0.604. The molecule has 0 aliphatic carbocycles. The number of halogens is 4. The molecule has 0 unspecified atom stereocenters. The van der Waals surface area contributed by atoms with Gasteiger partial charge in [-0.1, -0.05) is 36.7 Å². The van der Waals surface area contributed by atoms with Gasteiger partial charge in [0.25, 0.3) is 11.5 Å². The van der Waals surface area contributed by atoms with Crippen LogP contribution in [0.1, 0.15) is 34.8 Å². The Morgan fingerprint density at radius 2 is 1.88 bits per heavy atom. The van der Waals surface area contributed by atoms with E-state index >= 15 is 0 Å². The van der Waals surface area contributed by atoms with Crippen molar-refractivity contribution in [3.63, 3.8) is 0 Å². The molecule has 3 rings (SSSR count). The van der Waals surface area contributed by atoms with Crippen LogP contribution >= 0.6 is 11.6 Å². The first-order valence-electron chi connectivity index (χ1n) is 9.78. The van der Waals surface area contributed by atoms with E-state index in [4.69, 9.17) is 16.3 Å². The van der Waals surface area contributed by atoms with E-state index in [0.717, 1.165) is 12.1 Å². The molecule has 1 amide bonds. The number of alkyl halides is 3. The highest BCUT2D eigenvalue weighted by Crippen LogP contribution is 2.35. The van der Waals surface area contributed by atoms with E-state index in [9.17, 15) is 22.8 Å². The van der Waals surface area contributed by atoms with Gasteiger partial charge in [0, 0.05) is 17.3 Å². The van der Waals surface area contributed by atoms with E-state index in [1.165, 1.54) is 29.0 Å². The van der Waals surface area contributed by atoms with Crippen LogP contribution in [0.5, 0.6) is 5.75 Å². The quantitative estimate of drug-likeness (QED) is 0.494. The van der Waals surface area contributed by atoms with Crippen molar-refractivity contribution in [2.75, 3.05) is 11.9 Å². The third-order valence-electron chi connectivity index (χ3n) is 4.56. The Balaban J connectivity index is 1.90. The van der Waals surface area contributed by atoms with Crippen LogP contribution in [0.25, 0.3) is 0 Å². The van der Waals surface area contributed by atoms with Crippen molar-refractivity contribution in [1.29, 1.82) is 0 Å². The molecule has 0 bridgehead atoms. The summed E-state index contributed by atoms with van der Waals surface area (Å²) >= 11 is 6.15. The van der Waals surface area contributed by atoms with Crippen molar-refractivity contribution in [2.24, 2.45) is 0 Å². The SMILES string of the molecule is CCCOc1ccc(C(F)(F)F)cc1NC(=O)c1ccc(=O)n(Cc2ccccc2Cl)c1. The molecule has 2 aromatic carbocycles. The van der Waals surface area contributed by atoms with E-state index in [0.29, 0.717) is 17.0 Å². The first-order valence-corrected chi connectivity index (χ1v) is 10.2. The molecule has 1 heterocycles. The monoisotopic (exact) mass is 464 g/mol. The second-order valence-electron chi connectivity index (χ2n) is 6.99. The molecule has 5 nitrogen and oxygen atoms in total. The molecule has 0 aliphatic rings. The van der Waals surface area contributed by atoms with Crippen LogP contribution in [0.4, 0.5) is 18.9 Å². The summed E-state index contributed by atoms with van der Waals surface area (Å²) in [6.45, 7) is 2.26. The number of rotatable bonds is 7. The fraction of sp³-hybridized carbons (Fsp3) is 0.217. The zero-order chi connectivity index (χ0) is 23.3. The molecule has 0 saturated carbocycles. The minimum Gasteiger partial charge on any atom is -0.491 e. The van der Waals surface area contributed by atoms with Crippen molar-refractivity contribution < 1.29 is 22.7 Å². The number of anilines is 1. The fourth-order valence-corrected chi connectivity index (χ4v) is 3.13. The molecular formula is C23H20ClF3N2O3. The number of hydrogen-bond acceptors (Lipinski definition) is 3. The molecule has 168 valence electrons. The molecule has 0 atom stereocenters. The lowest BCUT2D eigenvalue weighted by Gasteiger charge is -2.15. The Morgan fingerprint density at radius 3 is 2.56 bits per heavy atom. The van der Waals surface area contributed by atoms with Gasteiger partial charge >= 0.3 is 6.18 Å². The molecule has 32 heavy (non-hydrogen) atoms. The van der Waals surface area contributed by atoms with Gasteiger partial charge in [0.1, 0.15) is 5.75 Å². The Morgan fingerprint density at radius 1 is 1.12 bits per heavy atom. The fourth-order valence-electron chi connectivity index (χ4n) is 2.94. The maximum atomic E-state index is 13.1. The summed E-state index contributed by atoms with van der Waals surface area (Å²) in [4.78, 5) is 25.0. The Bertz CT molecular complexity index is 1180. The summed E-state index contributed by atoms with van der Waals surface area (Å²) in [7, 11) is 0. The number of pyridine rings is 1. The first kappa shape index (κ1) is 23.4. The van der Waals surface area contributed by atoms with E-state index in [-0.39, 0.29) is 35.7 Å². The van der Waals surface area contributed by atoms with Crippen LogP contribution in [-0.2, 0) is 12.7 Å². The summed E-state index contributed by atoms with van der Waals surface area (Å²) in [6.07, 6.45) is -2.60. The third-order valence-corrected chi connectivity index (χ3v) is 4.93. The number of amides is 1. The van der Waals surface area contributed by atoms with Crippen LogP contribution in [0.2, 0.25) is 5.02 Å². The molecule has 0 saturated heterocycles. The highest BCUT2D eigenvalue weighted by molar-refractivity contribution is 6.31. The van der Waals surface area contributed by atoms with Gasteiger partial charge in [-0.25, -0.2) is 0 Å². The van der Waals surface area contributed by atoms with Crippen LogP contribution in [0.15, 0.2) is 65.6 Å². The molecule has 9 heteroatoms. The van der Waals surface area contributed by atoms with Gasteiger partial charge in [0.2, 0.25) is 0 Å². The molecule has 1 N–H and O–H groups in total. The zero-order valence-corrected chi connectivity index (χ0v) is 17.8. The molecule has 0 radical (unpaired) electrons. The van der Waals surface area contributed by atoms with Crippen LogP contribution in [0, 0.1) is 0 Å². The zero-order valence-electron chi connectivity index (χ0n) is 17.1. The topological polar surface area (TPSA) is 60.3 Å². The van der Waals surface area contributed by atoms with E-state index in [1.807, 2.05) is 6.92 Å². The Kier molecular flexibility index (Phi) is 7.25. The van der Waals surface area contributed by atoms with Crippen molar-refractivity contribution in [2.45, 2.75) is 26.1 Å². The second kappa shape index (κ2) is 9.91. The molecule has 3 aromatic rings. The summed E-state index contributed by atoms with van der Waals surface area (Å²) < 4.78 is 46.2. The van der Waals surface area contributed by atoms with Gasteiger partial charge in [-0.15, -0.1) is 0 Å². The lowest BCUT2D eigenvalue weighted by atomic mass is 10.1. The van der Waals surface area contributed by atoms with Crippen molar-refractivity contribution in [1.82, 2.24) is 4.57 Å². The number of nitrogens with one attached hydrogen (secondary N) is 1. The number of carbonyl (C=O) groups is 1. The number of carbonyl (C=O) groups excluding carboxylic acids is 1. The summed E-state index contributed by atoms with van der Waals surface area (Å²) in [5, 5.41) is 2.93. The van der Waals surface area contributed by atoms with E-state index in [2.05, 4.69) is 5.32 Å². The average Bonchev–Trinajstić information content (AvgIpc) is 2.75. The lowest BCUT2D eigenvalue weighted by molar-refractivity contribution is -0.137. The van der Waals surface area contributed by atoms with Crippen molar-refractivity contribution in [3.8, 4) is 5.75 Å². The number of aromatic nitrogens is 1. The first-order chi connectivity index (χ1) is 15.2. The number of benzene rings is 2. The average molecular weight is 465 g/mol. The molecule has 1 aromatic heterocycles. The Labute approximate surface area is 187 Å².